The molecule has 8 nitrogen and oxygen atoms in total. The van der Waals surface area contributed by atoms with Crippen LogP contribution in [0.5, 0.6) is 5.88 Å². The average molecular weight is 383 g/mol. The number of nitrogens with zero attached hydrogens (tertiary/aromatic N) is 3. The first kappa shape index (κ1) is 17.1. The Bertz CT molecular complexity index is 694. The van der Waals surface area contributed by atoms with Crippen LogP contribution in [0.15, 0.2) is 34.9 Å². The zero-order chi connectivity index (χ0) is 17.0. The Labute approximate surface area is 140 Å². The fourth-order valence-corrected chi connectivity index (χ4v) is 1.85. The zero-order valence-electron chi connectivity index (χ0n) is 12.4. The van der Waals surface area contributed by atoms with E-state index >= 15 is 0 Å². The van der Waals surface area contributed by atoms with Crippen LogP contribution in [-0.2, 0) is 0 Å². The van der Waals surface area contributed by atoms with Gasteiger partial charge in [-0.1, -0.05) is 0 Å². The van der Waals surface area contributed by atoms with Crippen molar-refractivity contribution in [3.05, 3.63) is 45.0 Å². The lowest BCUT2D eigenvalue weighted by Gasteiger charge is -2.17. The third-order valence-corrected chi connectivity index (χ3v) is 3.57. The molecule has 23 heavy (non-hydrogen) atoms. The number of anilines is 2. The van der Waals surface area contributed by atoms with Crippen LogP contribution in [0.3, 0.4) is 0 Å². The maximum atomic E-state index is 10.6. The van der Waals surface area contributed by atoms with Gasteiger partial charge in [0.2, 0.25) is 11.8 Å². The molecule has 122 valence electrons. The third kappa shape index (κ3) is 4.60. The summed E-state index contributed by atoms with van der Waals surface area (Å²) in [5.41, 5.74) is 0.606. The van der Waals surface area contributed by atoms with E-state index in [1.807, 2.05) is 0 Å². The highest BCUT2D eigenvalue weighted by Gasteiger charge is 2.15. The molecule has 2 N–H and O–H groups in total. The highest BCUT2D eigenvalue weighted by molar-refractivity contribution is 9.10. The van der Waals surface area contributed by atoms with E-state index in [1.165, 1.54) is 18.3 Å². The Morgan fingerprint density at radius 3 is 2.57 bits per heavy atom. The lowest BCUT2D eigenvalue weighted by molar-refractivity contribution is -0.384. The standard InChI is InChI=1S/C14H15BrN4O4/c1-8(20)9(2)23-13-12(15)7-16-14(18-13)17-10-3-5-11(6-4-10)19(21)22/h3-9,20H,1-2H3,(H,16,17,18)/t8-,9?/m1/s1. The van der Waals surface area contributed by atoms with Gasteiger partial charge in [0.05, 0.1) is 21.7 Å². The molecule has 0 bridgehead atoms. The van der Waals surface area contributed by atoms with E-state index in [1.54, 1.807) is 26.0 Å². The number of benzene rings is 1. The molecule has 0 amide bonds. The number of aliphatic hydroxyl groups excluding tert-OH is 1. The molecular formula is C14H15BrN4O4. The second kappa shape index (κ2) is 7.34. The number of rotatable bonds is 6. The molecule has 2 aromatic rings. The van der Waals surface area contributed by atoms with Crippen LogP contribution in [0.25, 0.3) is 0 Å². The highest BCUT2D eigenvalue weighted by Crippen LogP contribution is 2.25. The van der Waals surface area contributed by atoms with Crippen molar-refractivity contribution in [2.75, 3.05) is 5.32 Å². The largest absolute Gasteiger partial charge is 0.471 e. The number of nitro benzene ring substituents is 1. The number of hydrogen-bond donors (Lipinski definition) is 2. The fraction of sp³-hybridized carbons (Fsp3) is 0.286. The van der Waals surface area contributed by atoms with Gasteiger partial charge in [0, 0.05) is 17.8 Å². The molecule has 0 aliphatic heterocycles. The van der Waals surface area contributed by atoms with Crippen LogP contribution in [0.2, 0.25) is 0 Å². The molecule has 0 saturated heterocycles. The second-order valence-corrected chi connectivity index (χ2v) is 5.69. The molecule has 9 heteroatoms. The lowest BCUT2D eigenvalue weighted by Crippen LogP contribution is -2.26. The molecule has 2 rings (SSSR count). The topological polar surface area (TPSA) is 110 Å². The lowest BCUT2D eigenvalue weighted by atomic mass is 10.3. The van der Waals surface area contributed by atoms with Gasteiger partial charge in [0.1, 0.15) is 6.10 Å². The maximum Gasteiger partial charge on any atom is 0.269 e. The predicted molar refractivity (Wildman–Crippen MR) is 87.9 cm³/mol. The van der Waals surface area contributed by atoms with Crippen LogP contribution >= 0.6 is 15.9 Å². The molecule has 0 spiro atoms. The molecule has 0 saturated carbocycles. The van der Waals surface area contributed by atoms with E-state index in [-0.39, 0.29) is 17.5 Å². The molecule has 0 aliphatic carbocycles. The quantitative estimate of drug-likeness (QED) is 0.583. The van der Waals surface area contributed by atoms with Gasteiger partial charge in [-0.2, -0.15) is 4.98 Å². The van der Waals surface area contributed by atoms with Gasteiger partial charge >= 0.3 is 0 Å². The number of non-ortho nitro benzene ring substituents is 1. The van der Waals surface area contributed by atoms with Gasteiger partial charge in [-0.05, 0) is 41.9 Å². The first-order chi connectivity index (χ1) is 10.9. The van der Waals surface area contributed by atoms with Crippen LogP contribution in [0.1, 0.15) is 13.8 Å². The Morgan fingerprint density at radius 1 is 1.35 bits per heavy atom. The Balaban J connectivity index is 2.15. The van der Waals surface area contributed by atoms with Crippen molar-refractivity contribution in [3.8, 4) is 5.88 Å². The number of aromatic nitrogens is 2. The summed E-state index contributed by atoms with van der Waals surface area (Å²) in [6, 6.07) is 5.88. The van der Waals surface area contributed by atoms with Gasteiger partial charge in [0.15, 0.2) is 0 Å². The SMILES string of the molecule is CC(Oc1nc(Nc2ccc([N+](=O)[O-])cc2)ncc1Br)[C@@H](C)O. The summed E-state index contributed by atoms with van der Waals surface area (Å²) >= 11 is 3.28. The normalized spacial score (nSPS) is 13.2. The first-order valence-electron chi connectivity index (χ1n) is 6.75. The van der Waals surface area contributed by atoms with E-state index in [4.69, 9.17) is 4.74 Å². The summed E-state index contributed by atoms with van der Waals surface area (Å²) in [5.74, 6) is 0.563. The van der Waals surface area contributed by atoms with Crippen molar-refractivity contribution in [2.24, 2.45) is 0 Å². The van der Waals surface area contributed by atoms with E-state index in [0.717, 1.165) is 0 Å². The summed E-state index contributed by atoms with van der Waals surface area (Å²) in [6.45, 7) is 3.35. The molecule has 1 aromatic heterocycles. The van der Waals surface area contributed by atoms with Crippen molar-refractivity contribution >= 4 is 33.3 Å². The summed E-state index contributed by atoms with van der Waals surface area (Å²) in [6.07, 6.45) is 0.432. The van der Waals surface area contributed by atoms with Crippen LogP contribution in [0, 0.1) is 10.1 Å². The first-order valence-corrected chi connectivity index (χ1v) is 7.55. The smallest absolute Gasteiger partial charge is 0.269 e. The maximum absolute atomic E-state index is 10.6. The van der Waals surface area contributed by atoms with Crippen molar-refractivity contribution in [1.29, 1.82) is 0 Å². The molecule has 1 heterocycles. The summed E-state index contributed by atoms with van der Waals surface area (Å²) < 4.78 is 6.11. The predicted octanol–water partition coefficient (Wildman–Crippen LogP) is 3.04. The Morgan fingerprint density at radius 2 is 2.00 bits per heavy atom. The van der Waals surface area contributed by atoms with E-state index in [0.29, 0.717) is 10.2 Å². The molecule has 2 atom stereocenters. The number of halogens is 1. The monoisotopic (exact) mass is 382 g/mol. The summed E-state index contributed by atoms with van der Waals surface area (Å²) in [5, 5.41) is 23.1. The van der Waals surface area contributed by atoms with Gasteiger partial charge in [-0.3, -0.25) is 10.1 Å². The minimum absolute atomic E-state index is 0.00190. The van der Waals surface area contributed by atoms with Crippen molar-refractivity contribution in [2.45, 2.75) is 26.1 Å². The number of nitro groups is 1. The Hall–Kier alpha value is -2.26. The molecule has 0 fully saturated rings. The highest BCUT2D eigenvalue weighted by atomic mass is 79.9. The van der Waals surface area contributed by atoms with Crippen molar-refractivity contribution in [3.63, 3.8) is 0 Å². The van der Waals surface area contributed by atoms with Gasteiger partial charge < -0.3 is 15.2 Å². The van der Waals surface area contributed by atoms with Gasteiger partial charge in [0.25, 0.3) is 5.69 Å². The molecule has 0 aliphatic rings. The van der Waals surface area contributed by atoms with Crippen LogP contribution in [0.4, 0.5) is 17.3 Å². The van der Waals surface area contributed by atoms with Crippen LogP contribution in [-0.4, -0.2) is 32.2 Å². The van der Waals surface area contributed by atoms with Gasteiger partial charge in [-0.15, -0.1) is 0 Å². The minimum Gasteiger partial charge on any atom is -0.471 e. The van der Waals surface area contributed by atoms with E-state index in [9.17, 15) is 15.2 Å². The number of nitrogens with one attached hydrogen (secondary N) is 1. The summed E-state index contributed by atoms with van der Waals surface area (Å²) in [4.78, 5) is 18.5. The van der Waals surface area contributed by atoms with Crippen LogP contribution < -0.4 is 10.1 Å². The fourth-order valence-electron chi connectivity index (χ4n) is 1.56. The zero-order valence-corrected chi connectivity index (χ0v) is 14.0. The molecular weight excluding hydrogens is 368 g/mol. The molecule has 1 unspecified atom stereocenters. The minimum atomic E-state index is -0.650. The molecule has 0 radical (unpaired) electrons. The molecule has 1 aromatic carbocycles. The van der Waals surface area contributed by atoms with E-state index < -0.39 is 17.1 Å². The summed E-state index contributed by atoms with van der Waals surface area (Å²) in [7, 11) is 0. The average Bonchev–Trinajstić information content (AvgIpc) is 2.51. The Kier molecular flexibility index (Phi) is 5.45. The van der Waals surface area contributed by atoms with Crippen molar-refractivity contribution in [1.82, 2.24) is 9.97 Å². The number of hydrogen-bond acceptors (Lipinski definition) is 7. The third-order valence-electron chi connectivity index (χ3n) is 3.02. The van der Waals surface area contributed by atoms with Gasteiger partial charge in [-0.25, -0.2) is 4.98 Å². The number of ether oxygens (including phenoxy) is 1. The van der Waals surface area contributed by atoms with E-state index in [2.05, 4.69) is 31.2 Å². The van der Waals surface area contributed by atoms with Crippen molar-refractivity contribution < 1.29 is 14.8 Å². The number of aliphatic hydroxyl groups is 1. The second-order valence-electron chi connectivity index (χ2n) is 4.84.